The van der Waals surface area contributed by atoms with E-state index in [1.165, 1.54) is 24.0 Å². The van der Waals surface area contributed by atoms with Gasteiger partial charge in [-0.25, -0.2) is 0 Å². The molecule has 1 aliphatic carbocycles. The minimum absolute atomic E-state index is 0.0602. The molecule has 0 aliphatic heterocycles. The quantitative estimate of drug-likeness (QED) is 0.942. The molecule has 22 heavy (non-hydrogen) atoms. The number of hydrogen-bond acceptors (Lipinski definition) is 2. The van der Waals surface area contributed by atoms with Gasteiger partial charge in [-0.05, 0) is 74.4 Å². The summed E-state index contributed by atoms with van der Waals surface area (Å²) >= 11 is 0. The van der Waals surface area contributed by atoms with Gasteiger partial charge < -0.3 is 9.67 Å². The Hall–Kier alpha value is -1.87. The minimum atomic E-state index is -0.212. The van der Waals surface area contributed by atoms with E-state index in [0.717, 1.165) is 24.1 Å². The molecule has 0 amide bonds. The van der Waals surface area contributed by atoms with Crippen LogP contribution in [0.1, 0.15) is 49.4 Å². The van der Waals surface area contributed by atoms with Gasteiger partial charge >= 0.3 is 0 Å². The number of aryl methyl sites for hydroxylation is 2. The predicted molar refractivity (Wildman–Crippen MR) is 89.1 cm³/mol. The molecule has 2 aromatic rings. The lowest BCUT2D eigenvalue weighted by Crippen LogP contribution is -2.26. The lowest BCUT2D eigenvalue weighted by molar-refractivity contribution is 0.279. The second-order valence-corrected chi connectivity index (χ2v) is 6.36. The van der Waals surface area contributed by atoms with Crippen LogP contribution in [-0.4, -0.2) is 9.67 Å². The number of aliphatic hydroxyl groups excluding tert-OH is 1. The van der Waals surface area contributed by atoms with Crippen LogP contribution in [0.5, 0.6) is 0 Å². The molecule has 0 atom stereocenters. The van der Waals surface area contributed by atoms with Gasteiger partial charge in [-0.2, -0.15) is 0 Å². The van der Waals surface area contributed by atoms with Crippen molar-refractivity contribution < 1.29 is 5.11 Å². The molecule has 116 valence electrons. The van der Waals surface area contributed by atoms with Gasteiger partial charge in [0.2, 0.25) is 0 Å². The second-order valence-electron chi connectivity index (χ2n) is 6.36. The van der Waals surface area contributed by atoms with Gasteiger partial charge in [0.15, 0.2) is 0 Å². The number of hydrogen-bond donors (Lipinski definition) is 1. The summed E-state index contributed by atoms with van der Waals surface area (Å²) in [6.07, 6.45) is 4.81. The Bertz CT molecular complexity index is 744. The van der Waals surface area contributed by atoms with Crippen molar-refractivity contribution in [1.82, 2.24) is 4.57 Å². The largest absolute Gasteiger partial charge is 0.391 e. The summed E-state index contributed by atoms with van der Waals surface area (Å²) in [5.41, 5.74) is 5.25. The topological polar surface area (TPSA) is 42.2 Å². The Labute approximate surface area is 131 Å². The van der Waals surface area contributed by atoms with Gasteiger partial charge in [-0.15, -0.1) is 0 Å². The SMILES string of the molecule is CC(C)n1c(-c2ccc3c(c2)CCCC3)ccc(CO)c1=O. The lowest BCUT2D eigenvalue weighted by atomic mass is 9.89. The van der Waals surface area contributed by atoms with Crippen LogP contribution in [-0.2, 0) is 19.4 Å². The molecule has 0 bridgehead atoms. The van der Waals surface area contributed by atoms with Gasteiger partial charge in [0, 0.05) is 11.6 Å². The van der Waals surface area contributed by atoms with Crippen LogP contribution in [0.15, 0.2) is 35.1 Å². The highest BCUT2D eigenvalue weighted by molar-refractivity contribution is 5.62. The van der Waals surface area contributed by atoms with E-state index in [1.807, 2.05) is 19.9 Å². The Balaban J connectivity index is 2.16. The van der Waals surface area contributed by atoms with Crippen LogP contribution >= 0.6 is 0 Å². The van der Waals surface area contributed by atoms with E-state index in [1.54, 1.807) is 10.6 Å². The van der Waals surface area contributed by atoms with Crippen LogP contribution in [0.3, 0.4) is 0 Å². The summed E-state index contributed by atoms with van der Waals surface area (Å²) in [6.45, 7) is 3.80. The Morgan fingerprint density at radius 2 is 1.82 bits per heavy atom. The van der Waals surface area contributed by atoms with E-state index in [0.29, 0.717) is 5.56 Å². The minimum Gasteiger partial charge on any atom is -0.391 e. The molecular weight excluding hydrogens is 274 g/mol. The number of fused-ring (bicyclic) bond motifs is 1. The molecule has 1 N–H and O–H groups in total. The first-order chi connectivity index (χ1) is 10.6. The molecule has 0 spiro atoms. The normalized spacial score (nSPS) is 14.2. The molecule has 0 fully saturated rings. The standard InChI is InChI=1S/C19H23NO2/c1-13(2)20-18(10-9-17(12-21)19(20)22)16-8-7-14-5-3-4-6-15(14)11-16/h7-11,13,21H,3-6,12H2,1-2H3. The van der Waals surface area contributed by atoms with Gasteiger partial charge in [0.05, 0.1) is 12.3 Å². The van der Waals surface area contributed by atoms with E-state index in [-0.39, 0.29) is 18.2 Å². The van der Waals surface area contributed by atoms with Crippen molar-refractivity contribution in [3.63, 3.8) is 0 Å². The summed E-state index contributed by atoms with van der Waals surface area (Å²) in [6, 6.07) is 10.3. The van der Waals surface area contributed by atoms with Gasteiger partial charge in [0.1, 0.15) is 0 Å². The summed E-state index contributed by atoms with van der Waals surface area (Å²) in [4.78, 5) is 12.5. The molecule has 1 aromatic heterocycles. The van der Waals surface area contributed by atoms with E-state index < -0.39 is 0 Å². The number of aliphatic hydroxyl groups is 1. The first-order valence-corrected chi connectivity index (χ1v) is 8.09. The van der Waals surface area contributed by atoms with Crippen molar-refractivity contribution >= 4 is 0 Å². The number of nitrogens with zero attached hydrogens (tertiary/aromatic N) is 1. The summed E-state index contributed by atoms with van der Waals surface area (Å²) in [5, 5.41) is 9.33. The fraction of sp³-hybridized carbons (Fsp3) is 0.421. The summed E-state index contributed by atoms with van der Waals surface area (Å²) in [7, 11) is 0. The van der Waals surface area contributed by atoms with Crippen LogP contribution in [0.2, 0.25) is 0 Å². The number of rotatable bonds is 3. The maximum absolute atomic E-state index is 12.5. The molecule has 0 saturated carbocycles. The van der Waals surface area contributed by atoms with Crippen molar-refractivity contribution in [2.75, 3.05) is 0 Å². The highest BCUT2D eigenvalue weighted by atomic mass is 16.3. The van der Waals surface area contributed by atoms with Crippen molar-refractivity contribution in [3.8, 4) is 11.3 Å². The fourth-order valence-corrected chi connectivity index (χ4v) is 3.36. The molecule has 0 unspecified atom stereocenters. The molecule has 3 rings (SSSR count). The molecule has 1 aliphatic rings. The van der Waals surface area contributed by atoms with E-state index in [4.69, 9.17) is 0 Å². The molecule has 1 heterocycles. The highest BCUT2D eigenvalue weighted by Gasteiger charge is 2.15. The average Bonchev–Trinajstić information content (AvgIpc) is 2.53. The van der Waals surface area contributed by atoms with E-state index in [2.05, 4.69) is 18.2 Å². The third-order valence-corrected chi connectivity index (χ3v) is 4.53. The molecule has 1 aromatic carbocycles. The smallest absolute Gasteiger partial charge is 0.256 e. The first-order valence-electron chi connectivity index (χ1n) is 8.09. The zero-order chi connectivity index (χ0) is 15.7. The van der Waals surface area contributed by atoms with Gasteiger partial charge in [-0.1, -0.05) is 12.1 Å². The maximum atomic E-state index is 12.5. The summed E-state index contributed by atoms with van der Waals surface area (Å²) < 4.78 is 1.79. The van der Waals surface area contributed by atoms with Gasteiger partial charge in [-0.3, -0.25) is 4.79 Å². The number of benzene rings is 1. The monoisotopic (exact) mass is 297 g/mol. The molecule has 3 heteroatoms. The fourth-order valence-electron chi connectivity index (χ4n) is 3.36. The van der Waals surface area contributed by atoms with Crippen LogP contribution in [0, 0.1) is 0 Å². The molecule has 3 nitrogen and oxygen atoms in total. The molecular formula is C19H23NO2. The van der Waals surface area contributed by atoms with E-state index >= 15 is 0 Å². The number of pyridine rings is 1. The van der Waals surface area contributed by atoms with Crippen LogP contribution in [0.25, 0.3) is 11.3 Å². The van der Waals surface area contributed by atoms with Crippen molar-refractivity contribution in [1.29, 1.82) is 0 Å². The van der Waals surface area contributed by atoms with Crippen molar-refractivity contribution in [3.05, 3.63) is 57.4 Å². The van der Waals surface area contributed by atoms with Gasteiger partial charge in [0.25, 0.3) is 5.56 Å². The maximum Gasteiger partial charge on any atom is 0.256 e. The zero-order valence-electron chi connectivity index (χ0n) is 13.3. The Morgan fingerprint density at radius 1 is 1.09 bits per heavy atom. The van der Waals surface area contributed by atoms with Crippen LogP contribution < -0.4 is 5.56 Å². The zero-order valence-corrected chi connectivity index (χ0v) is 13.3. The van der Waals surface area contributed by atoms with Crippen molar-refractivity contribution in [2.24, 2.45) is 0 Å². The molecule has 0 radical (unpaired) electrons. The lowest BCUT2D eigenvalue weighted by Gasteiger charge is -2.20. The van der Waals surface area contributed by atoms with Crippen molar-refractivity contribution in [2.45, 2.75) is 52.2 Å². The average molecular weight is 297 g/mol. The first kappa shape index (κ1) is 15.0. The Morgan fingerprint density at radius 3 is 2.50 bits per heavy atom. The number of aromatic nitrogens is 1. The van der Waals surface area contributed by atoms with Crippen LogP contribution in [0.4, 0.5) is 0 Å². The third-order valence-electron chi connectivity index (χ3n) is 4.53. The van der Waals surface area contributed by atoms with E-state index in [9.17, 15) is 9.90 Å². The molecule has 0 saturated heterocycles. The predicted octanol–water partition coefficient (Wildman–Crippen LogP) is 3.47. The second kappa shape index (κ2) is 6.09. The summed E-state index contributed by atoms with van der Waals surface area (Å²) in [5.74, 6) is 0. The third kappa shape index (κ3) is 2.61. The highest BCUT2D eigenvalue weighted by Crippen LogP contribution is 2.28. The Kier molecular flexibility index (Phi) is 4.16.